The van der Waals surface area contributed by atoms with Crippen LogP contribution >= 0.6 is 11.6 Å². The van der Waals surface area contributed by atoms with Crippen LogP contribution in [0.2, 0.25) is 5.15 Å². The van der Waals surface area contributed by atoms with Crippen molar-refractivity contribution in [3.63, 3.8) is 0 Å². The maximum absolute atomic E-state index is 5.72. The number of nitrogens with zero attached hydrogens (tertiary/aromatic N) is 1. The second-order valence-electron chi connectivity index (χ2n) is 3.61. The zero-order valence-electron chi connectivity index (χ0n) is 7.87. The molecule has 1 aromatic rings. The Kier molecular flexibility index (Phi) is 2.77. The van der Waals surface area contributed by atoms with E-state index in [4.69, 9.17) is 22.1 Å². The molecule has 0 spiro atoms. The fraction of sp³-hybridized carbons (Fsp3) is 0.500. The molecule has 0 aromatic carbocycles. The summed E-state index contributed by atoms with van der Waals surface area (Å²) in [6.07, 6.45) is 3.76. The van der Waals surface area contributed by atoms with Gasteiger partial charge in [-0.2, -0.15) is 4.98 Å². The van der Waals surface area contributed by atoms with E-state index in [1.54, 1.807) is 12.1 Å². The molecule has 4 heteroatoms. The minimum atomic E-state index is 0.417. The molecule has 1 heterocycles. The van der Waals surface area contributed by atoms with Gasteiger partial charge in [-0.1, -0.05) is 24.4 Å². The monoisotopic (exact) mass is 212 g/mol. The first-order chi connectivity index (χ1) is 6.75. The van der Waals surface area contributed by atoms with Crippen LogP contribution in [0.25, 0.3) is 0 Å². The Morgan fingerprint density at radius 2 is 2.29 bits per heavy atom. The van der Waals surface area contributed by atoms with Gasteiger partial charge in [-0.15, -0.1) is 0 Å². The quantitative estimate of drug-likeness (QED) is 0.781. The van der Waals surface area contributed by atoms with E-state index in [1.807, 2.05) is 0 Å². The smallest absolute Gasteiger partial charge is 0.238 e. The van der Waals surface area contributed by atoms with Crippen molar-refractivity contribution in [1.29, 1.82) is 0 Å². The second-order valence-corrected chi connectivity index (χ2v) is 4.00. The molecule has 0 aliphatic heterocycles. The lowest BCUT2D eigenvalue weighted by Crippen LogP contribution is -2.02. The van der Waals surface area contributed by atoms with E-state index in [0.717, 1.165) is 12.3 Å². The van der Waals surface area contributed by atoms with E-state index in [2.05, 4.69) is 4.98 Å². The molecule has 76 valence electrons. The highest BCUT2D eigenvalue weighted by atomic mass is 35.5. The topological polar surface area (TPSA) is 48.1 Å². The zero-order chi connectivity index (χ0) is 9.97. The highest BCUT2D eigenvalue weighted by molar-refractivity contribution is 6.29. The number of pyridine rings is 1. The van der Waals surface area contributed by atoms with Gasteiger partial charge in [-0.25, -0.2) is 0 Å². The fourth-order valence-electron chi connectivity index (χ4n) is 1.27. The van der Waals surface area contributed by atoms with Crippen molar-refractivity contribution in [2.45, 2.75) is 19.3 Å². The standard InChI is InChI=1S/C10H13ClN2O/c11-9-4-3-8(12)10(13-9)14-6-5-7-1-2-7/h3-4,7H,1-2,5-6,12H2. The molecule has 2 rings (SSSR count). The number of aromatic nitrogens is 1. The van der Waals surface area contributed by atoms with Crippen molar-refractivity contribution in [1.82, 2.24) is 4.98 Å². The predicted molar refractivity (Wildman–Crippen MR) is 56.5 cm³/mol. The van der Waals surface area contributed by atoms with Gasteiger partial charge in [-0.05, 0) is 24.5 Å². The summed E-state index contributed by atoms with van der Waals surface area (Å²) in [5.41, 5.74) is 6.22. The number of hydrogen-bond acceptors (Lipinski definition) is 3. The molecule has 0 bridgehead atoms. The summed E-state index contributed by atoms with van der Waals surface area (Å²) in [5, 5.41) is 0.417. The van der Waals surface area contributed by atoms with Crippen molar-refractivity contribution in [3.05, 3.63) is 17.3 Å². The molecule has 1 saturated carbocycles. The normalized spacial score (nSPS) is 15.5. The molecule has 0 amide bonds. The lowest BCUT2D eigenvalue weighted by Gasteiger charge is -2.06. The molecule has 1 aromatic heterocycles. The van der Waals surface area contributed by atoms with Gasteiger partial charge in [0.25, 0.3) is 0 Å². The number of ether oxygens (including phenoxy) is 1. The van der Waals surface area contributed by atoms with E-state index in [9.17, 15) is 0 Å². The first-order valence-electron chi connectivity index (χ1n) is 4.80. The van der Waals surface area contributed by atoms with Gasteiger partial charge >= 0.3 is 0 Å². The molecule has 0 unspecified atom stereocenters. The number of anilines is 1. The van der Waals surface area contributed by atoms with Crippen molar-refractivity contribution < 1.29 is 4.74 Å². The summed E-state index contributed by atoms with van der Waals surface area (Å²) in [7, 11) is 0. The highest BCUT2D eigenvalue weighted by Gasteiger charge is 2.20. The van der Waals surface area contributed by atoms with E-state index in [1.165, 1.54) is 12.8 Å². The average Bonchev–Trinajstić information content (AvgIpc) is 2.95. The first-order valence-corrected chi connectivity index (χ1v) is 5.18. The summed E-state index contributed by atoms with van der Waals surface area (Å²) in [5.74, 6) is 1.31. The van der Waals surface area contributed by atoms with Gasteiger partial charge in [0.05, 0.1) is 12.3 Å². The van der Waals surface area contributed by atoms with E-state index < -0.39 is 0 Å². The third-order valence-corrected chi connectivity index (χ3v) is 2.53. The Hall–Kier alpha value is -0.960. The van der Waals surface area contributed by atoms with Crippen molar-refractivity contribution >= 4 is 17.3 Å². The second kappa shape index (κ2) is 4.05. The van der Waals surface area contributed by atoms with Crippen molar-refractivity contribution in [2.24, 2.45) is 5.92 Å². The van der Waals surface area contributed by atoms with E-state index >= 15 is 0 Å². The van der Waals surface area contributed by atoms with Gasteiger partial charge in [0.15, 0.2) is 0 Å². The Bertz CT molecular complexity index is 326. The van der Waals surface area contributed by atoms with Crippen LogP contribution in [0.3, 0.4) is 0 Å². The largest absolute Gasteiger partial charge is 0.476 e. The van der Waals surface area contributed by atoms with Crippen molar-refractivity contribution in [3.8, 4) is 5.88 Å². The SMILES string of the molecule is Nc1ccc(Cl)nc1OCCC1CC1. The van der Waals surface area contributed by atoms with Gasteiger partial charge in [0.2, 0.25) is 5.88 Å². The fourth-order valence-corrected chi connectivity index (χ4v) is 1.41. The molecule has 0 radical (unpaired) electrons. The van der Waals surface area contributed by atoms with Gasteiger partial charge in [-0.3, -0.25) is 0 Å². The Morgan fingerprint density at radius 1 is 1.50 bits per heavy atom. The van der Waals surface area contributed by atoms with E-state index in [0.29, 0.717) is 23.3 Å². The Morgan fingerprint density at radius 3 is 3.00 bits per heavy atom. The van der Waals surface area contributed by atoms with Crippen LogP contribution < -0.4 is 10.5 Å². The Balaban J connectivity index is 1.89. The number of nitrogen functional groups attached to an aromatic ring is 1. The first kappa shape index (κ1) is 9.59. The van der Waals surface area contributed by atoms with Crippen LogP contribution in [0.5, 0.6) is 5.88 Å². The van der Waals surface area contributed by atoms with Crippen LogP contribution in [0.15, 0.2) is 12.1 Å². The van der Waals surface area contributed by atoms with Crippen LogP contribution in [-0.2, 0) is 0 Å². The molecular weight excluding hydrogens is 200 g/mol. The Labute approximate surface area is 88.2 Å². The molecule has 1 fully saturated rings. The lowest BCUT2D eigenvalue weighted by molar-refractivity contribution is 0.293. The number of hydrogen-bond donors (Lipinski definition) is 1. The third-order valence-electron chi connectivity index (χ3n) is 2.32. The van der Waals surface area contributed by atoms with E-state index in [-0.39, 0.29) is 0 Å². The van der Waals surface area contributed by atoms with Crippen LogP contribution in [0, 0.1) is 5.92 Å². The summed E-state index contributed by atoms with van der Waals surface area (Å²) < 4.78 is 5.45. The summed E-state index contributed by atoms with van der Waals surface area (Å²) in [4.78, 5) is 4.01. The van der Waals surface area contributed by atoms with Gasteiger partial charge in [0, 0.05) is 0 Å². The maximum atomic E-state index is 5.72. The molecule has 1 aliphatic carbocycles. The van der Waals surface area contributed by atoms with Crippen LogP contribution in [-0.4, -0.2) is 11.6 Å². The molecule has 14 heavy (non-hydrogen) atoms. The summed E-state index contributed by atoms with van der Waals surface area (Å²) in [6, 6.07) is 3.37. The molecule has 0 atom stereocenters. The number of rotatable bonds is 4. The van der Waals surface area contributed by atoms with Crippen LogP contribution in [0.1, 0.15) is 19.3 Å². The molecule has 1 aliphatic rings. The van der Waals surface area contributed by atoms with Crippen LogP contribution in [0.4, 0.5) is 5.69 Å². The highest BCUT2D eigenvalue weighted by Crippen LogP contribution is 2.32. The minimum Gasteiger partial charge on any atom is -0.476 e. The molecule has 0 saturated heterocycles. The third kappa shape index (κ3) is 2.51. The minimum absolute atomic E-state index is 0.417. The van der Waals surface area contributed by atoms with Gasteiger partial charge < -0.3 is 10.5 Å². The number of nitrogens with two attached hydrogens (primary N) is 1. The summed E-state index contributed by atoms with van der Waals surface area (Å²) in [6.45, 7) is 0.683. The van der Waals surface area contributed by atoms with Gasteiger partial charge in [0.1, 0.15) is 5.15 Å². The molecule has 2 N–H and O–H groups in total. The number of halogens is 1. The lowest BCUT2D eigenvalue weighted by atomic mass is 10.3. The maximum Gasteiger partial charge on any atom is 0.238 e. The molecular formula is C10H13ClN2O. The molecule has 3 nitrogen and oxygen atoms in total. The zero-order valence-corrected chi connectivity index (χ0v) is 8.63. The predicted octanol–water partition coefficient (Wildman–Crippen LogP) is 2.50. The average molecular weight is 213 g/mol. The summed E-state index contributed by atoms with van der Waals surface area (Å²) >= 11 is 5.72. The van der Waals surface area contributed by atoms with Crippen molar-refractivity contribution in [2.75, 3.05) is 12.3 Å².